The summed E-state index contributed by atoms with van der Waals surface area (Å²) in [7, 11) is 1.74. The maximum Gasteiger partial charge on any atom is 0.0474 e. The number of ether oxygens (including phenoxy) is 1. The second-order valence-corrected chi connectivity index (χ2v) is 3.46. The van der Waals surface area contributed by atoms with Gasteiger partial charge in [0.15, 0.2) is 0 Å². The molecule has 0 saturated heterocycles. The highest BCUT2D eigenvalue weighted by atomic mass is 16.5. The molecule has 1 rings (SSSR count). The number of rotatable bonds is 7. The van der Waals surface area contributed by atoms with Gasteiger partial charge in [-0.25, -0.2) is 0 Å². The average molecular weight is 194 g/mol. The van der Waals surface area contributed by atoms with Gasteiger partial charge in [-0.1, -0.05) is 23.8 Å². The maximum absolute atomic E-state index is 4.97. The quantitative estimate of drug-likeness (QED) is 0.627. The number of allylic oxidation sites excluding steroid dienone is 3. The monoisotopic (exact) mass is 194 g/mol. The molecule has 0 fully saturated rings. The summed E-state index contributed by atoms with van der Waals surface area (Å²) in [6.07, 6.45) is 12.1. The van der Waals surface area contributed by atoms with Gasteiger partial charge < -0.3 is 10.1 Å². The van der Waals surface area contributed by atoms with Crippen LogP contribution in [0.15, 0.2) is 23.8 Å². The molecule has 0 aromatic carbocycles. The van der Waals surface area contributed by atoms with E-state index < -0.39 is 0 Å². The fourth-order valence-electron chi connectivity index (χ4n) is 1.44. The van der Waals surface area contributed by atoms with Crippen molar-refractivity contribution >= 4 is 0 Å². The van der Waals surface area contributed by atoms with Crippen molar-refractivity contribution in [2.24, 2.45) is 0 Å². The van der Waals surface area contributed by atoms with E-state index in [1.165, 1.54) is 5.57 Å². The summed E-state index contributed by atoms with van der Waals surface area (Å²) < 4.78 is 4.97. The minimum atomic E-state index is 0.852. The lowest BCUT2D eigenvalue weighted by Gasteiger charge is -2.07. The van der Waals surface area contributed by atoms with Gasteiger partial charge in [-0.2, -0.15) is 0 Å². The van der Waals surface area contributed by atoms with Crippen LogP contribution in [0, 0.1) is 6.42 Å². The molecule has 1 N–H and O–H groups in total. The molecule has 0 atom stereocenters. The third kappa shape index (κ3) is 5.20. The summed E-state index contributed by atoms with van der Waals surface area (Å²) in [6.45, 7) is 2.97. The summed E-state index contributed by atoms with van der Waals surface area (Å²) in [5.74, 6) is 0. The zero-order chi connectivity index (χ0) is 10.1. The third-order valence-electron chi connectivity index (χ3n) is 2.25. The Morgan fingerprint density at radius 2 is 2.36 bits per heavy atom. The number of hydrogen-bond donors (Lipinski definition) is 1. The number of hydrogen-bond acceptors (Lipinski definition) is 2. The normalized spacial score (nSPS) is 15.6. The second kappa shape index (κ2) is 7.77. The van der Waals surface area contributed by atoms with Crippen LogP contribution in [-0.4, -0.2) is 26.8 Å². The molecule has 0 bridgehead atoms. The van der Waals surface area contributed by atoms with Gasteiger partial charge in [0.1, 0.15) is 0 Å². The highest BCUT2D eigenvalue weighted by Gasteiger charge is 1.96. The first kappa shape index (κ1) is 11.5. The Kier molecular flexibility index (Phi) is 6.37. The van der Waals surface area contributed by atoms with Crippen molar-refractivity contribution in [3.05, 3.63) is 30.2 Å². The van der Waals surface area contributed by atoms with Crippen LogP contribution < -0.4 is 5.32 Å². The molecule has 2 nitrogen and oxygen atoms in total. The lowest BCUT2D eigenvalue weighted by molar-refractivity contribution is 0.194. The molecule has 0 aromatic heterocycles. The smallest absolute Gasteiger partial charge is 0.0474 e. The maximum atomic E-state index is 4.97. The van der Waals surface area contributed by atoms with Crippen LogP contribution in [-0.2, 0) is 4.74 Å². The van der Waals surface area contributed by atoms with Gasteiger partial charge in [0, 0.05) is 13.7 Å². The molecule has 0 unspecified atom stereocenters. The van der Waals surface area contributed by atoms with E-state index in [2.05, 4.69) is 30.0 Å². The molecule has 2 heteroatoms. The molecule has 0 spiro atoms. The molecule has 1 aliphatic carbocycles. The topological polar surface area (TPSA) is 21.3 Å². The molecular formula is C12H20NO. The van der Waals surface area contributed by atoms with Crippen LogP contribution >= 0.6 is 0 Å². The van der Waals surface area contributed by atoms with E-state index in [0.717, 1.165) is 39.0 Å². The number of methoxy groups -OCH3 is 1. The third-order valence-corrected chi connectivity index (χ3v) is 2.25. The minimum Gasteiger partial charge on any atom is -0.385 e. The van der Waals surface area contributed by atoms with Crippen molar-refractivity contribution in [2.45, 2.75) is 19.3 Å². The lowest BCUT2D eigenvalue weighted by Crippen LogP contribution is -2.18. The zero-order valence-corrected chi connectivity index (χ0v) is 8.96. The fraction of sp³-hybridized carbons (Fsp3) is 0.583. The highest BCUT2D eigenvalue weighted by Crippen LogP contribution is 2.11. The first-order valence-corrected chi connectivity index (χ1v) is 5.32. The molecule has 1 radical (unpaired) electrons. The van der Waals surface area contributed by atoms with Crippen molar-refractivity contribution < 1.29 is 4.74 Å². The molecule has 1 aliphatic rings. The first-order valence-electron chi connectivity index (χ1n) is 5.32. The van der Waals surface area contributed by atoms with Crippen LogP contribution in [0.3, 0.4) is 0 Å². The Balaban J connectivity index is 1.93. The molecule has 79 valence electrons. The van der Waals surface area contributed by atoms with E-state index in [4.69, 9.17) is 4.74 Å². The van der Waals surface area contributed by atoms with Crippen LogP contribution in [0.5, 0.6) is 0 Å². The van der Waals surface area contributed by atoms with Gasteiger partial charge in [0.25, 0.3) is 0 Å². The Labute approximate surface area is 87.0 Å². The predicted molar refractivity (Wildman–Crippen MR) is 60.1 cm³/mol. The summed E-state index contributed by atoms with van der Waals surface area (Å²) in [5.41, 5.74) is 1.45. The van der Waals surface area contributed by atoms with E-state index in [1.807, 2.05) is 0 Å². The SMILES string of the molecule is COCCCNCCC1=CC[CH]C=C1. The van der Waals surface area contributed by atoms with Crippen LogP contribution in [0.2, 0.25) is 0 Å². The van der Waals surface area contributed by atoms with E-state index in [0.29, 0.717) is 0 Å². The largest absolute Gasteiger partial charge is 0.385 e. The first-order chi connectivity index (χ1) is 6.93. The lowest BCUT2D eigenvalue weighted by atomic mass is 10.0. The fourth-order valence-corrected chi connectivity index (χ4v) is 1.44. The molecule has 0 amide bonds. The van der Waals surface area contributed by atoms with Crippen molar-refractivity contribution in [3.63, 3.8) is 0 Å². The van der Waals surface area contributed by atoms with Crippen LogP contribution in [0.25, 0.3) is 0 Å². The Morgan fingerprint density at radius 3 is 3.07 bits per heavy atom. The zero-order valence-electron chi connectivity index (χ0n) is 8.96. The Hall–Kier alpha value is -0.600. The molecule has 0 aliphatic heterocycles. The van der Waals surface area contributed by atoms with Gasteiger partial charge in [0.05, 0.1) is 0 Å². The standard InChI is InChI=1S/C12H20NO/c1-14-11-5-9-13-10-8-12-6-3-2-4-7-12/h2-3,6-7,13H,4-5,8-11H2,1H3. The molecule has 0 heterocycles. The number of nitrogens with one attached hydrogen (secondary N) is 1. The molecule has 0 aromatic rings. The van der Waals surface area contributed by atoms with Crippen molar-refractivity contribution in [2.75, 3.05) is 26.8 Å². The average Bonchev–Trinajstić information content (AvgIpc) is 2.25. The van der Waals surface area contributed by atoms with E-state index in [-0.39, 0.29) is 0 Å². The Morgan fingerprint density at radius 1 is 1.43 bits per heavy atom. The summed E-state index contributed by atoms with van der Waals surface area (Å²) in [5, 5.41) is 3.40. The van der Waals surface area contributed by atoms with Crippen molar-refractivity contribution in [1.82, 2.24) is 5.32 Å². The van der Waals surface area contributed by atoms with Gasteiger partial charge >= 0.3 is 0 Å². The van der Waals surface area contributed by atoms with Gasteiger partial charge in [0.2, 0.25) is 0 Å². The highest BCUT2D eigenvalue weighted by molar-refractivity contribution is 5.26. The summed E-state index contributed by atoms with van der Waals surface area (Å²) in [4.78, 5) is 0. The van der Waals surface area contributed by atoms with Crippen molar-refractivity contribution in [3.8, 4) is 0 Å². The van der Waals surface area contributed by atoms with Crippen LogP contribution in [0.1, 0.15) is 19.3 Å². The second-order valence-electron chi connectivity index (χ2n) is 3.46. The summed E-state index contributed by atoms with van der Waals surface area (Å²) >= 11 is 0. The molecule has 14 heavy (non-hydrogen) atoms. The molecule has 0 saturated carbocycles. The van der Waals surface area contributed by atoms with Gasteiger partial charge in [-0.05, 0) is 38.8 Å². The van der Waals surface area contributed by atoms with E-state index in [1.54, 1.807) is 7.11 Å². The summed E-state index contributed by atoms with van der Waals surface area (Å²) in [6, 6.07) is 0. The predicted octanol–water partition coefficient (Wildman–Crippen LogP) is 2.09. The van der Waals surface area contributed by atoms with Crippen molar-refractivity contribution in [1.29, 1.82) is 0 Å². The Bertz CT molecular complexity index is 196. The van der Waals surface area contributed by atoms with Gasteiger partial charge in [-0.15, -0.1) is 0 Å². The van der Waals surface area contributed by atoms with E-state index >= 15 is 0 Å². The van der Waals surface area contributed by atoms with Crippen LogP contribution in [0.4, 0.5) is 0 Å². The molecular weight excluding hydrogens is 174 g/mol. The van der Waals surface area contributed by atoms with Gasteiger partial charge in [-0.3, -0.25) is 0 Å². The van der Waals surface area contributed by atoms with E-state index in [9.17, 15) is 0 Å². The minimum absolute atomic E-state index is 0.852.